The van der Waals surface area contributed by atoms with E-state index >= 15 is 0 Å². The summed E-state index contributed by atoms with van der Waals surface area (Å²) in [7, 11) is -4.68. The first kappa shape index (κ1) is 77.6. The predicted octanol–water partition coefficient (Wildman–Crippen LogP) is 11.6. The molecule has 107 heavy (non-hydrogen) atoms. The number of aromatic nitrogens is 3. The molecule has 7 aromatic rings. The summed E-state index contributed by atoms with van der Waals surface area (Å²) >= 11 is 7.88. The summed E-state index contributed by atoms with van der Waals surface area (Å²) in [4.78, 5) is 107. The number of likely N-dealkylation sites (tertiary alicyclic amines) is 1. The average Bonchev–Trinajstić information content (AvgIpc) is 1.68. The van der Waals surface area contributed by atoms with Crippen LogP contribution in [0.4, 0.5) is 28.4 Å². The van der Waals surface area contributed by atoms with Gasteiger partial charge in [-0.1, -0.05) is 94.6 Å². The first-order valence-corrected chi connectivity index (χ1v) is 40.0. The zero-order valence-electron chi connectivity index (χ0n) is 62.3. The van der Waals surface area contributed by atoms with Gasteiger partial charge in [0.25, 0.3) is 21.6 Å². The minimum Gasteiger partial charge on any atom is -0.471 e. The van der Waals surface area contributed by atoms with Crippen molar-refractivity contribution >= 4 is 108 Å². The van der Waals surface area contributed by atoms with Crippen LogP contribution in [0.25, 0.3) is 27.0 Å². The van der Waals surface area contributed by atoms with Crippen molar-refractivity contribution in [3.8, 4) is 16.3 Å². The highest BCUT2D eigenvalue weighted by molar-refractivity contribution is 7.90. The lowest BCUT2D eigenvalue weighted by Crippen LogP contribution is -2.57. The third-order valence-corrected chi connectivity index (χ3v) is 23.9. The SMILES string of the molecule is Cc1ncsc1-c1ccc([C@H](C)NC(=O)[C@@H]2C[C@@H](O)CN2C(=O)[C@@H](NC(=O)CCCCCC(=O)N2CCN(CCCNc3ccc(S(=O)(=O)NC(=O)c4ccc(N5CCN(CC6=C(c7ccc(Cl)cc7)CC(C)(C)CC6)CC5)cc4N4C[C@@H](C)Oc5nc6[nH]ccc6cc54)cc3[N+](=O)[O-])CC2)C(C)(C)C)cc1. The smallest absolute Gasteiger partial charge is 0.293 e. The van der Waals surface area contributed by atoms with Gasteiger partial charge in [-0.25, -0.2) is 18.1 Å². The molecule has 0 spiro atoms. The van der Waals surface area contributed by atoms with Crippen LogP contribution in [0, 0.1) is 27.9 Å². The van der Waals surface area contributed by atoms with Crippen LogP contribution >= 0.6 is 22.9 Å². The number of ether oxygens (including phenoxy) is 1. The van der Waals surface area contributed by atoms with Crippen molar-refractivity contribution in [3.05, 3.63) is 152 Å². The zero-order chi connectivity index (χ0) is 76.1. The molecule has 5 amide bonds. The summed E-state index contributed by atoms with van der Waals surface area (Å²) in [6, 6.07) is 26.6. The number of nitro benzene ring substituents is 1. The van der Waals surface area contributed by atoms with Crippen molar-refractivity contribution in [1.82, 2.24) is 49.9 Å². The van der Waals surface area contributed by atoms with Gasteiger partial charge < -0.3 is 50.4 Å². The van der Waals surface area contributed by atoms with Gasteiger partial charge in [0.2, 0.25) is 29.5 Å². The van der Waals surface area contributed by atoms with Gasteiger partial charge in [-0.15, -0.1) is 11.3 Å². The van der Waals surface area contributed by atoms with Gasteiger partial charge in [0.05, 0.1) is 55.8 Å². The lowest BCUT2D eigenvalue weighted by atomic mass is 9.72. The van der Waals surface area contributed by atoms with Crippen molar-refractivity contribution in [3.63, 3.8) is 0 Å². The Hall–Kier alpha value is -8.99. The van der Waals surface area contributed by atoms with Crippen LogP contribution in [0.2, 0.25) is 5.02 Å². The molecule has 3 fully saturated rings. The highest BCUT2D eigenvalue weighted by atomic mass is 35.5. The number of β-amino-alcohol motifs (C(OH)–C–C–N with tert-alkyl or cyclic N) is 1. The van der Waals surface area contributed by atoms with E-state index in [0.717, 1.165) is 77.7 Å². The van der Waals surface area contributed by atoms with Crippen LogP contribution in [-0.2, 0) is 29.2 Å². The molecule has 4 aromatic carbocycles. The molecule has 7 heterocycles. The molecule has 28 heteroatoms. The summed E-state index contributed by atoms with van der Waals surface area (Å²) in [6.45, 7) is 23.4. The minimum absolute atomic E-state index is 0.0227. The first-order valence-electron chi connectivity index (χ1n) is 37.2. The van der Waals surface area contributed by atoms with Crippen LogP contribution in [0.15, 0.2) is 119 Å². The lowest BCUT2D eigenvalue weighted by Gasteiger charge is -2.40. The normalized spacial score (nSPS) is 19.3. The number of H-pyrrole nitrogens is 1. The van der Waals surface area contributed by atoms with E-state index in [1.807, 2.05) is 118 Å². The zero-order valence-corrected chi connectivity index (χ0v) is 64.7. The first-order chi connectivity index (χ1) is 51.0. The number of piperazine rings is 2. The summed E-state index contributed by atoms with van der Waals surface area (Å²) in [5.41, 5.74) is 10.4. The van der Waals surface area contributed by atoms with Crippen molar-refractivity contribution in [2.45, 2.75) is 155 Å². The number of halogens is 1. The molecule has 1 aliphatic carbocycles. The number of nitrogens with one attached hydrogen (secondary N) is 5. The monoisotopic (exact) mass is 1520 g/mol. The maximum atomic E-state index is 14.7. The summed E-state index contributed by atoms with van der Waals surface area (Å²) in [5.74, 6) is -1.69. The van der Waals surface area contributed by atoms with E-state index in [1.165, 1.54) is 33.7 Å². The largest absolute Gasteiger partial charge is 0.471 e. The van der Waals surface area contributed by atoms with E-state index < -0.39 is 60.9 Å². The lowest BCUT2D eigenvalue weighted by molar-refractivity contribution is -0.384. The molecule has 3 aromatic heterocycles. The van der Waals surface area contributed by atoms with Crippen LogP contribution in [0.5, 0.6) is 5.88 Å². The van der Waals surface area contributed by atoms with E-state index in [-0.39, 0.29) is 65.9 Å². The molecule has 0 saturated carbocycles. The molecule has 25 nitrogen and oxygen atoms in total. The van der Waals surface area contributed by atoms with Crippen molar-refractivity contribution < 1.29 is 47.2 Å². The third kappa shape index (κ3) is 18.8. The summed E-state index contributed by atoms with van der Waals surface area (Å²) in [5, 5.41) is 34.0. The van der Waals surface area contributed by atoms with E-state index in [2.05, 4.69) is 71.3 Å². The van der Waals surface area contributed by atoms with Gasteiger partial charge in [-0.05, 0) is 154 Å². The fraction of sp³-hybridized carbons (Fsp3) is 0.481. The fourth-order valence-electron chi connectivity index (χ4n) is 15.2. The molecule has 570 valence electrons. The van der Waals surface area contributed by atoms with Gasteiger partial charge in [0, 0.05) is 120 Å². The Balaban J connectivity index is 0.598. The number of hydrogen-bond donors (Lipinski definition) is 6. The third-order valence-electron chi connectivity index (χ3n) is 21.3. The maximum Gasteiger partial charge on any atom is 0.293 e. The van der Waals surface area contributed by atoms with Crippen molar-refractivity contribution in [2.24, 2.45) is 10.8 Å². The van der Waals surface area contributed by atoms with Gasteiger partial charge in [-0.2, -0.15) is 4.98 Å². The number of carbonyl (C=O) groups is 5. The number of nitro groups is 1. The Morgan fingerprint density at radius 3 is 2.28 bits per heavy atom. The molecule has 6 N–H and O–H groups in total. The average molecular weight is 1520 g/mol. The number of pyridine rings is 1. The standard InChI is InChI=1S/C79H99ClN14O11S2/c1-50-46-92(68-41-56-28-31-82-73(56)86-76(68)105-50)65-42-59(90-37-35-89(36-38-90)47-57-27-29-79(7,8)45-63(57)54-19-21-58(80)22-20-54)23-25-62(65)74(98)87-107(103,104)61-24-26-64(66(44-61)94(101)102)81-30-12-32-88-33-39-91(40-34-88)70(97)14-11-9-10-13-69(96)85-72(78(4,5)6)77(100)93-48-60(95)43-67(93)75(99)84-51(2)53-15-17-55(18-16-53)71-52(3)83-49-106-71/h15-26,28,31,41-42,44,49-51,60,67,72,81,95H,9-14,27,29-30,32-40,43,45-48H2,1-8H3,(H,82,86)(H,84,99)(H,85,96)(H,87,98)/t50-,51+,60-,67+,72-/m1/s1. The molecule has 5 atom stereocenters. The van der Waals surface area contributed by atoms with Crippen LogP contribution < -0.4 is 35.2 Å². The predicted molar refractivity (Wildman–Crippen MR) is 418 cm³/mol. The number of benzene rings is 4. The molecule has 5 aliphatic rings. The number of allylic oxidation sites excluding steroid dienone is 1. The summed E-state index contributed by atoms with van der Waals surface area (Å²) in [6.07, 6.45) is 6.44. The molecule has 3 saturated heterocycles. The van der Waals surface area contributed by atoms with Gasteiger partial charge >= 0.3 is 0 Å². The molecule has 0 unspecified atom stereocenters. The van der Waals surface area contributed by atoms with Crippen molar-refractivity contribution in [2.75, 3.05) is 100 Å². The Morgan fingerprint density at radius 2 is 1.57 bits per heavy atom. The minimum atomic E-state index is -4.68. The Labute approximate surface area is 635 Å². The van der Waals surface area contributed by atoms with Gasteiger partial charge in [0.15, 0.2) is 0 Å². The highest BCUT2D eigenvalue weighted by Gasteiger charge is 2.45. The number of amides is 5. The number of anilines is 4. The number of thiazole rings is 1. The maximum absolute atomic E-state index is 14.7. The number of aliphatic hydroxyl groups is 1. The number of aromatic amines is 1. The second-order valence-electron chi connectivity index (χ2n) is 31.0. The van der Waals surface area contributed by atoms with Gasteiger partial charge in [-0.3, -0.25) is 43.9 Å². The number of unbranched alkanes of at least 4 members (excludes halogenated alkanes) is 2. The van der Waals surface area contributed by atoms with Crippen LogP contribution in [0.3, 0.4) is 0 Å². The highest BCUT2D eigenvalue weighted by Crippen LogP contribution is 2.45. The number of nitrogens with zero attached hydrogens (tertiary/aromatic N) is 9. The number of aliphatic hydroxyl groups excluding tert-OH is 1. The number of rotatable bonds is 26. The number of carbonyl (C=O) groups excluding carboxylic acids is 5. The Morgan fingerprint density at radius 1 is 0.850 bits per heavy atom. The topological polar surface area (TPSA) is 301 Å². The van der Waals surface area contributed by atoms with Crippen molar-refractivity contribution in [1.29, 1.82) is 0 Å². The summed E-state index contributed by atoms with van der Waals surface area (Å²) < 4.78 is 37.1. The Kier molecular flexibility index (Phi) is 24.1. The fourth-order valence-corrected chi connectivity index (χ4v) is 17.1. The van der Waals surface area contributed by atoms with E-state index in [9.17, 15) is 47.6 Å². The van der Waals surface area contributed by atoms with E-state index in [4.69, 9.17) is 21.3 Å². The molecule has 12 rings (SSSR count). The number of sulfonamides is 1. The van der Waals surface area contributed by atoms with Crippen LogP contribution in [-0.4, -0.2) is 192 Å². The van der Waals surface area contributed by atoms with E-state index in [0.29, 0.717) is 119 Å². The van der Waals surface area contributed by atoms with E-state index in [1.54, 1.807) is 23.6 Å². The second kappa shape index (κ2) is 33.2. The molecule has 0 bridgehead atoms. The molecule has 0 radical (unpaired) electrons. The van der Waals surface area contributed by atoms with Gasteiger partial charge in [0.1, 0.15) is 35.2 Å². The molecule has 4 aliphatic heterocycles. The molecular formula is C79H99ClN14O11S2. The molecular weight excluding hydrogens is 1420 g/mol. The quantitative estimate of drug-likeness (QED) is 0.0167. The Bertz CT molecular complexity index is 4560. The number of aryl methyl sites for hydroxylation is 1. The number of hydrogen-bond acceptors (Lipinski definition) is 19. The number of fused-ring (bicyclic) bond motifs is 2. The second-order valence-corrected chi connectivity index (χ2v) is 34.0. The van der Waals surface area contributed by atoms with Crippen LogP contribution in [0.1, 0.15) is 146 Å².